The van der Waals surface area contributed by atoms with Crippen molar-refractivity contribution >= 4 is 34.7 Å². The Kier molecular flexibility index (Phi) is 1.78. The number of aromatic amines is 1. The molecule has 0 atom stereocenters. The number of nitrogens with zero attached hydrogens (tertiary/aromatic N) is 2. The van der Waals surface area contributed by atoms with Gasteiger partial charge in [-0.2, -0.15) is 0 Å². The minimum atomic E-state index is 0.486. The molecule has 3 nitrogen and oxygen atoms in total. The highest BCUT2D eigenvalue weighted by atomic mass is 35.5. The summed E-state index contributed by atoms with van der Waals surface area (Å²) in [6.07, 6.45) is 0. The van der Waals surface area contributed by atoms with E-state index >= 15 is 0 Å². The first-order valence-corrected chi connectivity index (χ1v) is 4.06. The normalized spacial score (nSPS) is 10.4. The molecule has 12 heavy (non-hydrogen) atoms. The predicted molar refractivity (Wildman–Crippen MR) is 49.7 cm³/mol. The number of fused-ring (bicyclic) bond motifs is 1. The van der Waals surface area contributed by atoms with Crippen LogP contribution in [0.2, 0.25) is 5.02 Å². The Labute approximate surface area is 78.4 Å². The van der Waals surface area contributed by atoms with Crippen LogP contribution in [0.3, 0.4) is 0 Å². The quantitative estimate of drug-likeness (QED) is 0.660. The molecule has 0 amide bonds. The second-order valence-electron chi connectivity index (χ2n) is 2.31. The second-order valence-corrected chi connectivity index (χ2v) is 3.13. The Morgan fingerprint density at radius 1 is 1.42 bits per heavy atom. The second kappa shape index (κ2) is 2.80. The van der Waals surface area contributed by atoms with Gasteiger partial charge in [0, 0.05) is 10.4 Å². The third-order valence-corrected chi connectivity index (χ3v) is 2.06. The zero-order valence-electron chi connectivity index (χ0n) is 5.91. The van der Waals surface area contributed by atoms with Gasteiger partial charge in [0.2, 0.25) is 0 Å². The van der Waals surface area contributed by atoms with Crippen molar-refractivity contribution < 1.29 is 0 Å². The van der Waals surface area contributed by atoms with Crippen molar-refractivity contribution in [2.24, 2.45) is 0 Å². The van der Waals surface area contributed by atoms with Crippen LogP contribution in [0, 0.1) is 4.64 Å². The highest BCUT2D eigenvalue weighted by Gasteiger charge is 1.96. The van der Waals surface area contributed by atoms with Crippen LogP contribution in [0.4, 0.5) is 0 Å². The zero-order chi connectivity index (χ0) is 8.55. The number of halogens is 1. The van der Waals surface area contributed by atoms with Crippen LogP contribution in [0.5, 0.6) is 0 Å². The van der Waals surface area contributed by atoms with E-state index in [0.29, 0.717) is 9.66 Å². The molecule has 0 saturated carbocycles. The minimum Gasteiger partial charge on any atom is -0.259 e. The molecule has 1 aromatic heterocycles. The van der Waals surface area contributed by atoms with Crippen molar-refractivity contribution in [2.45, 2.75) is 0 Å². The third kappa shape index (κ3) is 1.19. The van der Waals surface area contributed by atoms with E-state index in [1.807, 2.05) is 6.07 Å². The molecule has 0 saturated heterocycles. The van der Waals surface area contributed by atoms with E-state index in [1.165, 1.54) is 0 Å². The average Bonchev–Trinajstić information content (AvgIpc) is 2.04. The fourth-order valence-electron chi connectivity index (χ4n) is 0.974. The lowest BCUT2D eigenvalue weighted by molar-refractivity contribution is 0.887. The Morgan fingerprint density at radius 2 is 2.25 bits per heavy atom. The van der Waals surface area contributed by atoms with Gasteiger partial charge in [0.15, 0.2) is 4.64 Å². The fourth-order valence-corrected chi connectivity index (χ4v) is 1.36. The zero-order valence-corrected chi connectivity index (χ0v) is 7.49. The van der Waals surface area contributed by atoms with Crippen molar-refractivity contribution in [3.8, 4) is 0 Å². The van der Waals surface area contributed by atoms with E-state index in [-0.39, 0.29) is 0 Å². The molecule has 0 fully saturated rings. The summed E-state index contributed by atoms with van der Waals surface area (Å²) in [5, 5.41) is 11.6. The Balaban J connectivity index is 2.96. The Morgan fingerprint density at radius 3 is 3.08 bits per heavy atom. The van der Waals surface area contributed by atoms with Crippen molar-refractivity contribution in [1.29, 1.82) is 0 Å². The van der Waals surface area contributed by atoms with E-state index in [9.17, 15) is 0 Å². The molecule has 1 heterocycles. The number of H-pyrrole nitrogens is 1. The lowest BCUT2D eigenvalue weighted by atomic mass is 10.2. The summed E-state index contributed by atoms with van der Waals surface area (Å²) >= 11 is 10.7. The van der Waals surface area contributed by atoms with Gasteiger partial charge < -0.3 is 0 Å². The monoisotopic (exact) mass is 197 g/mol. The summed E-state index contributed by atoms with van der Waals surface area (Å²) in [6.45, 7) is 0. The van der Waals surface area contributed by atoms with Crippen LogP contribution in [0.1, 0.15) is 0 Å². The lowest BCUT2D eigenvalue weighted by Gasteiger charge is -1.95. The van der Waals surface area contributed by atoms with Gasteiger partial charge in [0.05, 0.1) is 5.52 Å². The highest BCUT2D eigenvalue weighted by molar-refractivity contribution is 7.71. The van der Waals surface area contributed by atoms with Gasteiger partial charge in [0.1, 0.15) is 0 Å². The largest absolute Gasteiger partial charge is 0.259 e. The van der Waals surface area contributed by atoms with Gasteiger partial charge in [-0.25, -0.2) is 0 Å². The molecule has 0 aliphatic rings. The number of nitrogens with one attached hydrogen (secondary N) is 1. The molecule has 5 heteroatoms. The fraction of sp³-hybridized carbons (Fsp3) is 0. The first-order chi connectivity index (χ1) is 5.77. The smallest absolute Gasteiger partial charge is 0.159 e. The van der Waals surface area contributed by atoms with Crippen molar-refractivity contribution in [1.82, 2.24) is 15.4 Å². The van der Waals surface area contributed by atoms with Crippen LogP contribution >= 0.6 is 23.8 Å². The molecule has 0 aliphatic carbocycles. The molecule has 1 N–H and O–H groups in total. The van der Waals surface area contributed by atoms with Crippen LogP contribution < -0.4 is 0 Å². The third-order valence-electron chi connectivity index (χ3n) is 1.52. The Hall–Kier alpha value is -1.00. The van der Waals surface area contributed by atoms with E-state index in [2.05, 4.69) is 15.4 Å². The van der Waals surface area contributed by atoms with Crippen LogP contribution in [-0.4, -0.2) is 15.4 Å². The molecule has 0 unspecified atom stereocenters. The maximum atomic E-state index is 5.77. The van der Waals surface area contributed by atoms with Crippen LogP contribution in [0.15, 0.2) is 18.2 Å². The predicted octanol–water partition coefficient (Wildman–Crippen LogP) is 2.34. The molecular formula is C7H4ClN3S. The van der Waals surface area contributed by atoms with Gasteiger partial charge >= 0.3 is 0 Å². The van der Waals surface area contributed by atoms with Crippen LogP contribution in [0.25, 0.3) is 10.9 Å². The first kappa shape index (κ1) is 7.64. The van der Waals surface area contributed by atoms with E-state index in [0.717, 1.165) is 10.9 Å². The topological polar surface area (TPSA) is 41.6 Å². The number of aromatic nitrogens is 3. The first-order valence-electron chi connectivity index (χ1n) is 3.28. The molecular weight excluding hydrogens is 194 g/mol. The maximum Gasteiger partial charge on any atom is 0.159 e. The average molecular weight is 198 g/mol. The molecule has 2 rings (SSSR count). The van der Waals surface area contributed by atoms with Crippen molar-refractivity contribution in [3.63, 3.8) is 0 Å². The van der Waals surface area contributed by atoms with Crippen LogP contribution in [-0.2, 0) is 0 Å². The summed E-state index contributed by atoms with van der Waals surface area (Å²) in [5.41, 5.74) is 0.808. The number of hydrogen-bond acceptors (Lipinski definition) is 3. The van der Waals surface area contributed by atoms with Gasteiger partial charge in [-0.05, 0) is 18.2 Å². The standard InChI is InChI=1S/C7H4ClN3S/c8-4-1-2-5-6(3-4)9-11-10-7(5)12/h1-3H,(H,9,10,12). The van der Waals surface area contributed by atoms with Crippen molar-refractivity contribution in [3.05, 3.63) is 27.9 Å². The van der Waals surface area contributed by atoms with E-state index < -0.39 is 0 Å². The van der Waals surface area contributed by atoms with Gasteiger partial charge in [0.25, 0.3) is 0 Å². The summed E-state index contributed by atoms with van der Waals surface area (Å²) in [5.74, 6) is 0. The number of benzene rings is 1. The summed E-state index contributed by atoms with van der Waals surface area (Å²) < 4.78 is 0.486. The van der Waals surface area contributed by atoms with Crippen molar-refractivity contribution in [2.75, 3.05) is 0 Å². The Bertz CT molecular complexity index is 479. The number of hydrogen-bond donors (Lipinski definition) is 1. The molecule has 0 aliphatic heterocycles. The summed E-state index contributed by atoms with van der Waals surface area (Å²) in [4.78, 5) is 0. The van der Waals surface area contributed by atoms with Gasteiger partial charge in [-0.15, -0.1) is 5.10 Å². The van der Waals surface area contributed by atoms with E-state index in [4.69, 9.17) is 23.8 Å². The maximum absolute atomic E-state index is 5.77. The molecule has 0 radical (unpaired) electrons. The number of rotatable bonds is 0. The molecule has 0 bridgehead atoms. The van der Waals surface area contributed by atoms with Gasteiger partial charge in [-0.3, -0.25) is 5.10 Å². The molecule has 1 aromatic carbocycles. The minimum absolute atomic E-state index is 0.486. The van der Waals surface area contributed by atoms with Gasteiger partial charge in [-0.1, -0.05) is 29.0 Å². The lowest BCUT2D eigenvalue weighted by Crippen LogP contribution is -1.88. The molecule has 2 aromatic rings. The highest BCUT2D eigenvalue weighted by Crippen LogP contribution is 2.16. The SMILES string of the molecule is S=c1nn[nH]c2cc(Cl)ccc12. The van der Waals surface area contributed by atoms with E-state index in [1.54, 1.807) is 12.1 Å². The molecule has 60 valence electrons. The summed E-state index contributed by atoms with van der Waals surface area (Å²) in [7, 11) is 0. The molecule has 0 spiro atoms. The summed E-state index contributed by atoms with van der Waals surface area (Å²) in [6, 6.07) is 5.36.